The van der Waals surface area contributed by atoms with Gasteiger partial charge in [-0.15, -0.1) is 10.2 Å². The lowest BCUT2D eigenvalue weighted by molar-refractivity contribution is 0.172. The van der Waals surface area contributed by atoms with Crippen LogP contribution in [0.15, 0.2) is 22.6 Å². The molecule has 6 heteroatoms. The normalized spacial score (nSPS) is 14.2. The Kier molecular flexibility index (Phi) is 3.55. The number of nitrogens with one attached hydrogen (secondary N) is 1. The van der Waals surface area contributed by atoms with Crippen molar-refractivity contribution in [1.29, 1.82) is 0 Å². The molecule has 0 radical (unpaired) electrons. The highest BCUT2D eigenvalue weighted by Crippen LogP contribution is 2.39. The number of aromatic nitrogens is 2. The average molecular weight is 289 g/mol. The van der Waals surface area contributed by atoms with Gasteiger partial charge in [-0.2, -0.15) is 0 Å². The molecule has 0 fully saturated rings. The van der Waals surface area contributed by atoms with Crippen LogP contribution in [0.4, 0.5) is 0 Å². The van der Waals surface area contributed by atoms with Crippen LogP contribution < -0.4 is 14.8 Å². The van der Waals surface area contributed by atoms with Gasteiger partial charge in [0.15, 0.2) is 11.5 Å². The van der Waals surface area contributed by atoms with E-state index in [1.807, 2.05) is 18.2 Å². The Labute approximate surface area is 123 Å². The van der Waals surface area contributed by atoms with Crippen LogP contribution >= 0.6 is 0 Å². The molecule has 0 atom stereocenters. The van der Waals surface area contributed by atoms with Crippen molar-refractivity contribution in [2.75, 3.05) is 13.2 Å². The summed E-state index contributed by atoms with van der Waals surface area (Å²) in [5, 5.41) is 11.5. The fourth-order valence-corrected chi connectivity index (χ4v) is 2.02. The highest BCUT2D eigenvalue weighted by atomic mass is 16.6. The zero-order chi connectivity index (χ0) is 14.9. The molecule has 6 nitrogen and oxygen atoms in total. The predicted molar refractivity (Wildman–Crippen MR) is 77.3 cm³/mol. The van der Waals surface area contributed by atoms with Crippen LogP contribution in [0.3, 0.4) is 0 Å². The molecular formula is C15H19N3O3. The summed E-state index contributed by atoms with van der Waals surface area (Å²) >= 11 is 0. The Bertz CT molecular complexity index is 631. The summed E-state index contributed by atoms with van der Waals surface area (Å²) in [5.74, 6) is 2.38. The van der Waals surface area contributed by atoms with Gasteiger partial charge in [0.2, 0.25) is 5.89 Å². The van der Waals surface area contributed by atoms with Gasteiger partial charge >= 0.3 is 0 Å². The first-order valence-electron chi connectivity index (χ1n) is 6.99. The molecule has 1 aliphatic heterocycles. The molecule has 0 aliphatic carbocycles. The minimum absolute atomic E-state index is 0.00248. The van der Waals surface area contributed by atoms with E-state index in [4.69, 9.17) is 13.9 Å². The standard InChI is InChI=1S/C15H19N3O3/c1-15(2,3)16-9-12-17-18-14(21-12)10-5-4-6-11-13(10)20-8-7-19-11/h4-6,16H,7-9H2,1-3H3. The largest absolute Gasteiger partial charge is 0.486 e. The summed E-state index contributed by atoms with van der Waals surface area (Å²) in [7, 11) is 0. The van der Waals surface area contributed by atoms with Crippen LogP contribution in [-0.2, 0) is 6.54 Å². The highest BCUT2D eigenvalue weighted by molar-refractivity contribution is 5.67. The van der Waals surface area contributed by atoms with Crippen molar-refractivity contribution in [3.05, 3.63) is 24.1 Å². The molecule has 3 rings (SSSR count). The summed E-state index contributed by atoms with van der Waals surface area (Å²) in [6, 6.07) is 5.65. The topological polar surface area (TPSA) is 69.4 Å². The summed E-state index contributed by atoms with van der Waals surface area (Å²) in [6.45, 7) is 7.87. The van der Waals surface area contributed by atoms with Gasteiger partial charge in [-0.05, 0) is 32.9 Å². The summed E-state index contributed by atoms with van der Waals surface area (Å²) in [6.07, 6.45) is 0. The molecule has 0 bridgehead atoms. The third-order valence-corrected chi connectivity index (χ3v) is 3.03. The highest BCUT2D eigenvalue weighted by Gasteiger charge is 2.21. The lowest BCUT2D eigenvalue weighted by atomic mass is 10.1. The van der Waals surface area contributed by atoms with E-state index in [1.165, 1.54) is 0 Å². The number of ether oxygens (including phenoxy) is 2. The van der Waals surface area contributed by atoms with E-state index < -0.39 is 0 Å². The van der Waals surface area contributed by atoms with Gasteiger partial charge in [-0.3, -0.25) is 0 Å². The van der Waals surface area contributed by atoms with E-state index in [9.17, 15) is 0 Å². The Morgan fingerprint density at radius 3 is 2.76 bits per heavy atom. The molecule has 0 amide bonds. The van der Waals surface area contributed by atoms with E-state index in [1.54, 1.807) is 0 Å². The zero-order valence-electron chi connectivity index (χ0n) is 12.5. The lowest BCUT2D eigenvalue weighted by Gasteiger charge is -2.19. The Balaban J connectivity index is 1.83. The number of hydrogen-bond acceptors (Lipinski definition) is 6. The smallest absolute Gasteiger partial charge is 0.251 e. The van der Waals surface area contributed by atoms with Crippen molar-refractivity contribution < 1.29 is 13.9 Å². The molecule has 1 N–H and O–H groups in total. The molecule has 1 aromatic heterocycles. The average Bonchev–Trinajstić information content (AvgIpc) is 2.92. The number of rotatable bonds is 3. The molecule has 112 valence electrons. The van der Waals surface area contributed by atoms with E-state index >= 15 is 0 Å². The van der Waals surface area contributed by atoms with Crippen molar-refractivity contribution in [2.24, 2.45) is 0 Å². The zero-order valence-corrected chi connectivity index (χ0v) is 12.5. The van der Waals surface area contributed by atoms with Gasteiger partial charge in [-0.25, -0.2) is 0 Å². The Morgan fingerprint density at radius 1 is 1.14 bits per heavy atom. The van der Waals surface area contributed by atoms with Crippen LogP contribution in [0.1, 0.15) is 26.7 Å². The van der Waals surface area contributed by atoms with Gasteiger partial charge in [0.05, 0.1) is 12.1 Å². The van der Waals surface area contributed by atoms with Crippen LogP contribution in [0, 0.1) is 0 Å². The second-order valence-electron chi connectivity index (χ2n) is 5.93. The van der Waals surface area contributed by atoms with Crippen LogP contribution in [0.25, 0.3) is 11.5 Å². The SMILES string of the molecule is CC(C)(C)NCc1nnc(-c2cccc3c2OCCO3)o1. The van der Waals surface area contributed by atoms with Crippen molar-refractivity contribution in [3.8, 4) is 23.0 Å². The van der Waals surface area contributed by atoms with E-state index in [0.717, 1.165) is 5.56 Å². The lowest BCUT2D eigenvalue weighted by Crippen LogP contribution is -2.35. The van der Waals surface area contributed by atoms with Crippen LogP contribution in [0.5, 0.6) is 11.5 Å². The number of nitrogens with zero attached hydrogens (tertiary/aromatic N) is 2. The van der Waals surface area contributed by atoms with Crippen molar-refractivity contribution >= 4 is 0 Å². The van der Waals surface area contributed by atoms with Crippen molar-refractivity contribution in [1.82, 2.24) is 15.5 Å². The second-order valence-corrected chi connectivity index (χ2v) is 5.93. The van der Waals surface area contributed by atoms with Crippen LogP contribution in [0.2, 0.25) is 0 Å². The minimum atomic E-state index is -0.00248. The molecule has 2 heterocycles. The molecule has 0 spiro atoms. The molecule has 1 aromatic carbocycles. The number of hydrogen-bond donors (Lipinski definition) is 1. The van der Waals surface area contributed by atoms with Crippen molar-refractivity contribution in [2.45, 2.75) is 32.9 Å². The number of para-hydroxylation sites is 1. The quantitative estimate of drug-likeness (QED) is 0.935. The third-order valence-electron chi connectivity index (χ3n) is 3.03. The van der Waals surface area contributed by atoms with E-state index in [2.05, 4.69) is 36.3 Å². The van der Waals surface area contributed by atoms with Crippen LogP contribution in [-0.4, -0.2) is 29.0 Å². The first kappa shape index (κ1) is 13.9. The molecule has 0 unspecified atom stereocenters. The van der Waals surface area contributed by atoms with Gasteiger partial charge in [0.25, 0.3) is 5.89 Å². The van der Waals surface area contributed by atoms with E-state index in [-0.39, 0.29) is 5.54 Å². The third kappa shape index (κ3) is 3.16. The predicted octanol–water partition coefficient (Wildman–Crippen LogP) is 2.40. The fraction of sp³-hybridized carbons (Fsp3) is 0.467. The first-order valence-corrected chi connectivity index (χ1v) is 6.99. The maximum Gasteiger partial charge on any atom is 0.251 e. The molecular weight excluding hydrogens is 270 g/mol. The Hall–Kier alpha value is -2.08. The van der Waals surface area contributed by atoms with Gasteiger partial charge in [-0.1, -0.05) is 6.07 Å². The number of fused-ring (bicyclic) bond motifs is 1. The molecule has 0 saturated carbocycles. The van der Waals surface area contributed by atoms with E-state index in [0.29, 0.717) is 43.0 Å². The molecule has 0 saturated heterocycles. The number of benzene rings is 1. The summed E-state index contributed by atoms with van der Waals surface area (Å²) in [5.41, 5.74) is 0.763. The fourth-order valence-electron chi connectivity index (χ4n) is 2.02. The second kappa shape index (κ2) is 5.37. The van der Waals surface area contributed by atoms with Gasteiger partial charge in [0.1, 0.15) is 13.2 Å². The summed E-state index contributed by atoms with van der Waals surface area (Å²) in [4.78, 5) is 0. The Morgan fingerprint density at radius 2 is 1.95 bits per heavy atom. The maximum absolute atomic E-state index is 5.71. The first-order chi connectivity index (χ1) is 10.0. The van der Waals surface area contributed by atoms with Gasteiger partial charge in [0, 0.05) is 5.54 Å². The monoisotopic (exact) mass is 289 g/mol. The molecule has 1 aliphatic rings. The molecule has 2 aromatic rings. The van der Waals surface area contributed by atoms with Crippen molar-refractivity contribution in [3.63, 3.8) is 0 Å². The molecule has 21 heavy (non-hydrogen) atoms. The van der Waals surface area contributed by atoms with Gasteiger partial charge < -0.3 is 19.2 Å². The maximum atomic E-state index is 5.71. The minimum Gasteiger partial charge on any atom is -0.486 e. The summed E-state index contributed by atoms with van der Waals surface area (Å²) < 4.78 is 16.9.